The third-order valence-corrected chi connectivity index (χ3v) is 5.72. The van der Waals surface area contributed by atoms with Crippen molar-refractivity contribution < 1.29 is 22.7 Å². The minimum absolute atomic E-state index is 0.0280. The summed E-state index contributed by atoms with van der Waals surface area (Å²) < 4.78 is 37.7. The summed E-state index contributed by atoms with van der Waals surface area (Å²) in [6.07, 6.45) is -0.288. The van der Waals surface area contributed by atoms with Crippen LogP contribution in [0.4, 0.5) is 5.69 Å². The molecule has 0 unspecified atom stereocenters. The van der Waals surface area contributed by atoms with Crippen molar-refractivity contribution in [1.29, 1.82) is 0 Å². The number of hydrogen-bond acceptors (Lipinski definition) is 5. The Hall–Kier alpha value is -2.54. The van der Waals surface area contributed by atoms with Crippen molar-refractivity contribution in [2.75, 3.05) is 18.0 Å². The average molecular weight is 391 g/mol. The summed E-state index contributed by atoms with van der Waals surface area (Å²) in [5.74, 6) is 0.129. The number of nitrogens with zero attached hydrogens (tertiary/aromatic N) is 1. The van der Waals surface area contributed by atoms with Gasteiger partial charge >= 0.3 is 5.97 Å². The molecule has 0 spiro atoms. The van der Waals surface area contributed by atoms with Gasteiger partial charge in [-0.05, 0) is 69.7 Å². The maximum Gasteiger partial charge on any atom is 0.338 e. The summed E-state index contributed by atoms with van der Waals surface area (Å²) in [6.45, 7) is 7.64. The molecule has 0 amide bonds. The van der Waals surface area contributed by atoms with Gasteiger partial charge in [0.15, 0.2) is 0 Å². The number of hydrogen-bond donors (Lipinski definition) is 0. The fourth-order valence-corrected chi connectivity index (χ4v) is 3.70. The highest BCUT2D eigenvalue weighted by Crippen LogP contribution is 2.26. The van der Waals surface area contributed by atoms with Gasteiger partial charge in [-0.25, -0.2) is 13.2 Å². The van der Waals surface area contributed by atoms with Crippen LogP contribution in [0.3, 0.4) is 0 Å². The second-order valence-corrected chi connectivity index (χ2v) is 8.30. The van der Waals surface area contributed by atoms with Crippen LogP contribution in [0, 0.1) is 6.92 Å². The maximum absolute atomic E-state index is 13.0. The molecule has 0 N–H and O–H groups in total. The Morgan fingerprint density at radius 2 is 1.74 bits per heavy atom. The second kappa shape index (κ2) is 8.43. The number of esters is 1. The summed E-state index contributed by atoms with van der Waals surface area (Å²) in [7, 11) is -2.36. The first-order valence-corrected chi connectivity index (χ1v) is 10.1. The Labute approximate surface area is 160 Å². The minimum atomic E-state index is -3.83. The Morgan fingerprint density at radius 3 is 2.30 bits per heavy atom. The molecule has 146 valence electrons. The number of carbonyl (C=O) groups is 1. The molecule has 7 heteroatoms. The van der Waals surface area contributed by atoms with Crippen molar-refractivity contribution in [2.45, 2.75) is 38.7 Å². The third kappa shape index (κ3) is 4.80. The Bertz CT molecular complexity index is 904. The largest absolute Gasteiger partial charge is 0.494 e. The predicted molar refractivity (Wildman–Crippen MR) is 105 cm³/mol. The molecule has 0 aromatic heterocycles. The van der Waals surface area contributed by atoms with Crippen LogP contribution in [-0.4, -0.2) is 34.1 Å². The number of benzene rings is 2. The molecule has 0 saturated carbocycles. The highest BCUT2D eigenvalue weighted by atomic mass is 32.2. The van der Waals surface area contributed by atoms with Crippen LogP contribution in [0.1, 0.15) is 36.7 Å². The van der Waals surface area contributed by atoms with Crippen LogP contribution in [0.5, 0.6) is 5.75 Å². The van der Waals surface area contributed by atoms with Crippen molar-refractivity contribution in [1.82, 2.24) is 0 Å². The van der Waals surface area contributed by atoms with E-state index >= 15 is 0 Å². The number of aryl methyl sites for hydroxylation is 1. The van der Waals surface area contributed by atoms with Crippen LogP contribution >= 0.6 is 0 Å². The Balaban J connectivity index is 2.36. The van der Waals surface area contributed by atoms with Gasteiger partial charge in [0.25, 0.3) is 10.0 Å². The van der Waals surface area contributed by atoms with Gasteiger partial charge in [-0.3, -0.25) is 4.31 Å². The second-order valence-electron chi connectivity index (χ2n) is 6.33. The first-order chi connectivity index (χ1) is 12.7. The zero-order valence-corrected chi connectivity index (χ0v) is 17.0. The van der Waals surface area contributed by atoms with Gasteiger partial charge in [0.2, 0.25) is 0 Å². The highest BCUT2D eigenvalue weighted by molar-refractivity contribution is 7.92. The zero-order valence-electron chi connectivity index (χ0n) is 16.2. The first kappa shape index (κ1) is 20.8. The minimum Gasteiger partial charge on any atom is -0.494 e. The standard InChI is InChI=1S/C20H25NO5S/c1-6-25-17-10-8-16(9-11-17)21(5)27(23,24)18-12-7-15(4)19(13-18)20(22)26-14(2)3/h7-14H,6H2,1-5H3. The molecule has 0 heterocycles. The molecule has 0 saturated heterocycles. The Kier molecular flexibility index (Phi) is 6.49. The van der Waals surface area contributed by atoms with E-state index in [4.69, 9.17) is 9.47 Å². The van der Waals surface area contributed by atoms with E-state index in [1.807, 2.05) is 6.92 Å². The lowest BCUT2D eigenvalue weighted by molar-refractivity contribution is 0.0376. The van der Waals surface area contributed by atoms with E-state index in [1.54, 1.807) is 51.1 Å². The van der Waals surface area contributed by atoms with E-state index in [1.165, 1.54) is 23.5 Å². The molecule has 0 aliphatic rings. The molecule has 2 rings (SSSR count). The van der Waals surface area contributed by atoms with Crippen molar-refractivity contribution in [3.63, 3.8) is 0 Å². The summed E-state index contributed by atoms with van der Waals surface area (Å²) in [4.78, 5) is 12.3. The summed E-state index contributed by atoms with van der Waals surface area (Å²) >= 11 is 0. The van der Waals surface area contributed by atoms with Crippen LogP contribution in [0.15, 0.2) is 47.4 Å². The molecule has 6 nitrogen and oxygen atoms in total. The fraction of sp³-hybridized carbons (Fsp3) is 0.350. The molecule has 27 heavy (non-hydrogen) atoms. The lowest BCUT2D eigenvalue weighted by atomic mass is 10.1. The van der Waals surface area contributed by atoms with Crippen LogP contribution in [0.25, 0.3) is 0 Å². The molecule has 0 bridgehead atoms. The average Bonchev–Trinajstić information content (AvgIpc) is 2.61. The lowest BCUT2D eigenvalue weighted by Crippen LogP contribution is -2.27. The molecule has 0 fully saturated rings. The van der Waals surface area contributed by atoms with Crippen molar-refractivity contribution in [2.24, 2.45) is 0 Å². The van der Waals surface area contributed by atoms with E-state index in [-0.39, 0.29) is 16.6 Å². The topological polar surface area (TPSA) is 72.9 Å². The van der Waals surface area contributed by atoms with Crippen molar-refractivity contribution in [3.05, 3.63) is 53.6 Å². The van der Waals surface area contributed by atoms with Crippen molar-refractivity contribution in [3.8, 4) is 5.75 Å². The normalized spacial score (nSPS) is 11.3. The number of sulfonamides is 1. The molecule has 0 atom stereocenters. The number of carbonyl (C=O) groups excluding carboxylic acids is 1. The first-order valence-electron chi connectivity index (χ1n) is 8.70. The SMILES string of the molecule is CCOc1ccc(N(C)S(=O)(=O)c2ccc(C)c(C(=O)OC(C)C)c2)cc1. The van der Waals surface area contributed by atoms with Gasteiger partial charge in [0.05, 0.1) is 28.9 Å². The van der Waals surface area contributed by atoms with Gasteiger partial charge in [-0.15, -0.1) is 0 Å². The molecule has 2 aromatic carbocycles. The molecule has 0 aliphatic heterocycles. The molecular weight excluding hydrogens is 366 g/mol. The van der Waals surface area contributed by atoms with Crippen LogP contribution < -0.4 is 9.04 Å². The van der Waals surface area contributed by atoms with Crippen molar-refractivity contribution >= 4 is 21.7 Å². The number of rotatable bonds is 7. The monoisotopic (exact) mass is 391 g/mol. The van der Waals surface area contributed by atoms with E-state index in [0.717, 1.165) is 0 Å². The van der Waals surface area contributed by atoms with Crippen LogP contribution in [-0.2, 0) is 14.8 Å². The number of ether oxygens (including phenoxy) is 2. The van der Waals surface area contributed by atoms with E-state index < -0.39 is 16.0 Å². The van der Waals surface area contributed by atoms with Gasteiger partial charge in [-0.1, -0.05) is 6.07 Å². The van der Waals surface area contributed by atoms with E-state index in [2.05, 4.69) is 0 Å². The number of anilines is 1. The quantitative estimate of drug-likeness (QED) is 0.672. The highest BCUT2D eigenvalue weighted by Gasteiger charge is 2.24. The predicted octanol–water partition coefficient (Wildman–Crippen LogP) is 3.78. The van der Waals surface area contributed by atoms with Crippen LogP contribution in [0.2, 0.25) is 0 Å². The lowest BCUT2D eigenvalue weighted by Gasteiger charge is -2.20. The van der Waals surface area contributed by atoms with Gasteiger partial charge < -0.3 is 9.47 Å². The van der Waals surface area contributed by atoms with Gasteiger partial charge in [-0.2, -0.15) is 0 Å². The molecule has 0 aliphatic carbocycles. The Morgan fingerprint density at radius 1 is 1.11 bits per heavy atom. The maximum atomic E-state index is 13.0. The van der Waals surface area contributed by atoms with Gasteiger partial charge in [0, 0.05) is 7.05 Å². The van der Waals surface area contributed by atoms with E-state index in [0.29, 0.717) is 23.6 Å². The zero-order chi connectivity index (χ0) is 20.2. The summed E-state index contributed by atoms with van der Waals surface area (Å²) in [5.41, 5.74) is 1.39. The van der Waals surface area contributed by atoms with Gasteiger partial charge in [0.1, 0.15) is 5.75 Å². The smallest absolute Gasteiger partial charge is 0.338 e. The third-order valence-electron chi connectivity index (χ3n) is 3.94. The summed E-state index contributed by atoms with van der Waals surface area (Å²) in [5, 5.41) is 0. The fourth-order valence-electron chi connectivity index (χ4n) is 2.47. The summed E-state index contributed by atoms with van der Waals surface area (Å²) in [6, 6.07) is 11.2. The molecular formula is C20H25NO5S. The molecule has 0 radical (unpaired) electrons. The van der Waals surface area contributed by atoms with E-state index in [9.17, 15) is 13.2 Å². The molecule has 2 aromatic rings.